The first-order valence-electron chi connectivity index (χ1n) is 7.86. The SMILES string of the molecule is CCCCC=CC[C@H]1C(=O)C=C[C@@H]1COc1ccccc1. The Bertz CT molecular complexity index is 488. The highest BCUT2D eigenvalue weighted by molar-refractivity contribution is 5.94. The van der Waals surface area contributed by atoms with Crippen molar-refractivity contribution in [3.8, 4) is 5.75 Å². The summed E-state index contributed by atoms with van der Waals surface area (Å²) >= 11 is 0. The van der Waals surface area contributed by atoms with Crippen LogP contribution >= 0.6 is 0 Å². The molecule has 2 nitrogen and oxygen atoms in total. The second-order valence-corrected chi connectivity index (χ2v) is 5.51. The molecular formula is C19H24O2. The molecule has 21 heavy (non-hydrogen) atoms. The van der Waals surface area contributed by atoms with Gasteiger partial charge in [-0.25, -0.2) is 0 Å². The fraction of sp³-hybridized carbons (Fsp3) is 0.421. The van der Waals surface area contributed by atoms with Gasteiger partial charge in [-0.05, 0) is 31.1 Å². The van der Waals surface area contributed by atoms with Gasteiger partial charge in [-0.1, -0.05) is 56.2 Å². The van der Waals surface area contributed by atoms with Crippen molar-refractivity contribution in [2.24, 2.45) is 11.8 Å². The van der Waals surface area contributed by atoms with Crippen LogP contribution in [0, 0.1) is 11.8 Å². The Balaban J connectivity index is 1.82. The predicted molar refractivity (Wildman–Crippen MR) is 86.3 cm³/mol. The van der Waals surface area contributed by atoms with Crippen molar-refractivity contribution >= 4 is 5.78 Å². The van der Waals surface area contributed by atoms with Gasteiger partial charge in [-0.2, -0.15) is 0 Å². The van der Waals surface area contributed by atoms with E-state index in [0.29, 0.717) is 6.61 Å². The van der Waals surface area contributed by atoms with Gasteiger partial charge in [0, 0.05) is 11.8 Å². The van der Waals surface area contributed by atoms with Crippen LogP contribution in [0.15, 0.2) is 54.6 Å². The van der Waals surface area contributed by atoms with Gasteiger partial charge in [0.1, 0.15) is 5.75 Å². The monoisotopic (exact) mass is 284 g/mol. The summed E-state index contributed by atoms with van der Waals surface area (Å²) in [5.74, 6) is 1.33. The molecule has 2 rings (SSSR count). The van der Waals surface area contributed by atoms with Gasteiger partial charge < -0.3 is 4.74 Å². The second kappa shape index (κ2) is 8.46. The van der Waals surface area contributed by atoms with Gasteiger partial charge in [0.2, 0.25) is 0 Å². The van der Waals surface area contributed by atoms with Crippen molar-refractivity contribution in [2.45, 2.75) is 32.6 Å². The van der Waals surface area contributed by atoms with E-state index >= 15 is 0 Å². The van der Waals surface area contributed by atoms with Gasteiger partial charge in [0.05, 0.1) is 6.61 Å². The minimum absolute atomic E-state index is 0.0478. The molecule has 2 atom stereocenters. The van der Waals surface area contributed by atoms with E-state index in [1.807, 2.05) is 36.4 Å². The van der Waals surface area contributed by atoms with Gasteiger partial charge in [-0.3, -0.25) is 4.79 Å². The smallest absolute Gasteiger partial charge is 0.159 e. The molecule has 0 spiro atoms. The van der Waals surface area contributed by atoms with Crippen molar-refractivity contribution in [3.63, 3.8) is 0 Å². The summed E-state index contributed by atoms with van der Waals surface area (Å²) in [6, 6.07) is 9.77. The molecule has 112 valence electrons. The fourth-order valence-electron chi connectivity index (χ4n) is 2.54. The van der Waals surface area contributed by atoms with E-state index in [-0.39, 0.29) is 17.6 Å². The Labute approximate surface area is 127 Å². The van der Waals surface area contributed by atoms with Crippen molar-refractivity contribution in [3.05, 3.63) is 54.6 Å². The molecule has 0 unspecified atom stereocenters. The normalized spacial score (nSPS) is 21.3. The Morgan fingerprint density at radius 2 is 2.00 bits per heavy atom. The third kappa shape index (κ3) is 4.89. The highest BCUT2D eigenvalue weighted by Gasteiger charge is 2.29. The lowest BCUT2D eigenvalue weighted by atomic mass is 9.92. The van der Waals surface area contributed by atoms with Crippen LogP contribution in [0.5, 0.6) is 5.75 Å². The Morgan fingerprint density at radius 1 is 1.19 bits per heavy atom. The lowest BCUT2D eigenvalue weighted by molar-refractivity contribution is -0.118. The van der Waals surface area contributed by atoms with Crippen LogP contribution in [0.1, 0.15) is 32.6 Å². The van der Waals surface area contributed by atoms with Gasteiger partial charge in [0.15, 0.2) is 5.78 Å². The average Bonchev–Trinajstić information content (AvgIpc) is 2.87. The van der Waals surface area contributed by atoms with E-state index in [1.165, 1.54) is 12.8 Å². The van der Waals surface area contributed by atoms with Crippen molar-refractivity contribution < 1.29 is 9.53 Å². The van der Waals surface area contributed by atoms with Crippen LogP contribution in [-0.4, -0.2) is 12.4 Å². The molecule has 1 aliphatic rings. The molecule has 0 radical (unpaired) electrons. The molecule has 1 aromatic carbocycles. The fourth-order valence-corrected chi connectivity index (χ4v) is 2.54. The summed E-state index contributed by atoms with van der Waals surface area (Å²) in [7, 11) is 0. The molecule has 0 aromatic heterocycles. The van der Waals surface area contributed by atoms with E-state index in [0.717, 1.165) is 18.6 Å². The maximum Gasteiger partial charge on any atom is 0.159 e. The van der Waals surface area contributed by atoms with Gasteiger partial charge >= 0.3 is 0 Å². The highest BCUT2D eigenvalue weighted by Crippen LogP contribution is 2.27. The molecule has 0 bridgehead atoms. The van der Waals surface area contributed by atoms with Gasteiger partial charge in [0.25, 0.3) is 0 Å². The first-order chi connectivity index (χ1) is 10.3. The Morgan fingerprint density at radius 3 is 2.76 bits per heavy atom. The Kier molecular flexibility index (Phi) is 6.26. The molecular weight excluding hydrogens is 260 g/mol. The summed E-state index contributed by atoms with van der Waals surface area (Å²) < 4.78 is 5.79. The van der Waals surface area contributed by atoms with Crippen LogP contribution in [-0.2, 0) is 4.79 Å². The number of carbonyl (C=O) groups excluding carboxylic acids is 1. The lowest BCUT2D eigenvalue weighted by Crippen LogP contribution is -2.21. The van der Waals surface area contributed by atoms with E-state index in [4.69, 9.17) is 4.74 Å². The summed E-state index contributed by atoms with van der Waals surface area (Å²) in [6.07, 6.45) is 12.4. The Hall–Kier alpha value is -1.83. The summed E-state index contributed by atoms with van der Waals surface area (Å²) in [6.45, 7) is 2.76. The first-order valence-corrected chi connectivity index (χ1v) is 7.86. The third-order valence-corrected chi connectivity index (χ3v) is 3.86. The molecule has 0 aliphatic heterocycles. The molecule has 0 saturated carbocycles. The second-order valence-electron chi connectivity index (χ2n) is 5.51. The van der Waals surface area contributed by atoms with E-state index in [1.54, 1.807) is 6.08 Å². The van der Waals surface area contributed by atoms with E-state index in [9.17, 15) is 4.79 Å². The maximum atomic E-state index is 11.9. The lowest BCUT2D eigenvalue weighted by Gasteiger charge is -2.17. The molecule has 0 heterocycles. The van der Waals surface area contributed by atoms with Crippen LogP contribution in [0.2, 0.25) is 0 Å². The summed E-state index contributed by atoms with van der Waals surface area (Å²) in [4.78, 5) is 11.9. The van der Waals surface area contributed by atoms with Crippen LogP contribution in [0.3, 0.4) is 0 Å². The number of unbranched alkanes of at least 4 members (excludes halogenated alkanes) is 2. The number of ether oxygens (including phenoxy) is 1. The molecule has 0 fully saturated rings. The molecule has 0 amide bonds. The third-order valence-electron chi connectivity index (χ3n) is 3.86. The molecule has 1 aliphatic carbocycles. The number of allylic oxidation sites excluding steroid dienone is 3. The number of carbonyl (C=O) groups is 1. The van der Waals surface area contributed by atoms with Crippen molar-refractivity contribution in [1.82, 2.24) is 0 Å². The quantitative estimate of drug-likeness (QED) is 0.516. The zero-order valence-electron chi connectivity index (χ0n) is 12.7. The molecule has 2 heteroatoms. The van der Waals surface area contributed by atoms with Gasteiger partial charge in [-0.15, -0.1) is 0 Å². The predicted octanol–water partition coefficient (Wildman–Crippen LogP) is 4.57. The molecule has 0 N–H and O–H groups in total. The van der Waals surface area contributed by atoms with Crippen LogP contribution < -0.4 is 4.74 Å². The number of rotatable bonds is 8. The zero-order chi connectivity index (χ0) is 14.9. The number of ketones is 1. The van der Waals surface area contributed by atoms with E-state index < -0.39 is 0 Å². The minimum Gasteiger partial charge on any atom is -0.493 e. The average molecular weight is 284 g/mol. The van der Waals surface area contributed by atoms with Crippen LogP contribution in [0.4, 0.5) is 0 Å². The standard InChI is InChI=1S/C19H24O2/c1-2-3-4-5-9-12-18-16(13-14-19(18)20)15-21-17-10-7-6-8-11-17/h5-11,13-14,16,18H,2-4,12,15H2,1H3/t16-,18-/m1/s1. The van der Waals surface area contributed by atoms with Crippen LogP contribution in [0.25, 0.3) is 0 Å². The molecule has 1 aromatic rings. The number of para-hydroxylation sites is 1. The number of hydrogen-bond acceptors (Lipinski definition) is 2. The van der Waals surface area contributed by atoms with Crippen molar-refractivity contribution in [1.29, 1.82) is 0 Å². The summed E-state index contributed by atoms with van der Waals surface area (Å²) in [5, 5.41) is 0. The maximum absolute atomic E-state index is 11.9. The largest absolute Gasteiger partial charge is 0.493 e. The zero-order valence-corrected chi connectivity index (χ0v) is 12.7. The minimum atomic E-state index is 0.0478. The topological polar surface area (TPSA) is 26.3 Å². The summed E-state index contributed by atoms with van der Waals surface area (Å²) in [5.41, 5.74) is 0. The number of hydrogen-bond donors (Lipinski definition) is 0. The molecule has 0 saturated heterocycles. The number of benzene rings is 1. The van der Waals surface area contributed by atoms with Crippen molar-refractivity contribution in [2.75, 3.05) is 6.61 Å². The highest BCUT2D eigenvalue weighted by atomic mass is 16.5. The van der Waals surface area contributed by atoms with E-state index in [2.05, 4.69) is 19.1 Å². The first kappa shape index (κ1) is 15.6.